The molecule has 0 saturated heterocycles. The van der Waals surface area contributed by atoms with Crippen molar-refractivity contribution in [1.29, 1.82) is 0 Å². The molecule has 29 heavy (non-hydrogen) atoms. The lowest BCUT2D eigenvalue weighted by atomic mass is 10.1. The summed E-state index contributed by atoms with van der Waals surface area (Å²) in [5, 5.41) is 15.3. The van der Waals surface area contributed by atoms with E-state index >= 15 is 0 Å². The van der Waals surface area contributed by atoms with Crippen LogP contribution in [0.3, 0.4) is 0 Å². The van der Waals surface area contributed by atoms with E-state index in [4.69, 9.17) is 4.98 Å². The molecule has 0 atom stereocenters. The third-order valence-electron chi connectivity index (χ3n) is 4.92. The van der Waals surface area contributed by atoms with Gasteiger partial charge in [0.05, 0.1) is 40.3 Å². The summed E-state index contributed by atoms with van der Waals surface area (Å²) in [5.74, 6) is 0.693. The van der Waals surface area contributed by atoms with E-state index < -0.39 is 0 Å². The monoisotopic (exact) mass is 378 g/mol. The van der Waals surface area contributed by atoms with Crippen molar-refractivity contribution >= 4 is 21.9 Å². The van der Waals surface area contributed by atoms with Crippen molar-refractivity contribution < 1.29 is 0 Å². The van der Waals surface area contributed by atoms with Crippen LogP contribution in [0.1, 0.15) is 0 Å². The molecule has 0 aliphatic carbocycles. The van der Waals surface area contributed by atoms with Gasteiger partial charge in [0, 0.05) is 28.9 Å². The Bertz CT molecular complexity index is 1440. The van der Waals surface area contributed by atoms with Crippen molar-refractivity contribution in [3.63, 3.8) is 0 Å². The number of hydrogen-bond donors (Lipinski definition) is 3. The van der Waals surface area contributed by atoms with Gasteiger partial charge in [-0.05, 0) is 24.3 Å². The molecule has 0 aliphatic rings. The smallest absolute Gasteiger partial charge is 0.159 e. The standard InChI is InChI=1S/C21H14N8/c1-2-7-22-15(5-1)13-4-3-6-16-19(13)27-21(26-16)20-14-8-17(12-9-24-25-10-12)23-11-18(14)28-29-20/h1-11H,(H,24,25)(H,26,27)(H,28,29). The Labute approximate surface area is 164 Å². The summed E-state index contributed by atoms with van der Waals surface area (Å²) in [4.78, 5) is 17.2. The number of aromatic nitrogens is 8. The number of hydrogen-bond acceptors (Lipinski definition) is 5. The highest BCUT2D eigenvalue weighted by Crippen LogP contribution is 2.31. The Kier molecular flexibility index (Phi) is 3.30. The maximum atomic E-state index is 4.86. The summed E-state index contributed by atoms with van der Waals surface area (Å²) in [5.41, 5.74) is 6.99. The van der Waals surface area contributed by atoms with E-state index in [9.17, 15) is 0 Å². The van der Waals surface area contributed by atoms with E-state index in [1.54, 1.807) is 18.6 Å². The van der Waals surface area contributed by atoms with E-state index in [1.165, 1.54) is 0 Å². The zero-order valence-electron chi connectivity index (χ0n) is 15.1. The van der Waals surface area contributed by atoms with Crippen LogP contribution >= 0.6 is 0 Å². The predicted octanol–water partition coefficient (Wildman–Crippen LogP) is 3.95. The first-order valence-electron chi connectivity index (χ1n) is 9.10. The summed E-state index contributed by atoms with van der Waals surface area (Å²) in [6, 6.07) is 13.9. The van der Waals surface area contributed by atoms with Crippen LogP contribution in [0, 0.1) is 0 Å². The normalized spacial score (nSPS) is 11.4. The van der Waals surface area contributed by atoms with Gasteiger partial charge in [-0.25, -0.2) is 4.98 Å². The van der Waals surface area contributed by atoms with E-state index in [2.05, 4.69) is 35.3 Å². The minimum Gasteiger partial charge on any atom is -0.337 e. The molecule has 138 valence electrons. The van der Waals surface area contributed by atoms with Crippen LogP contribution in [0.15, 0.2) is 67.3 Å². The first-order valence-corrected chi connectivity index (χ1v) is 9.10. The number of imidazole rings is 1. The molecular weight excluding hydrogens is 364 g/mol. The SMILES string of the molecule is c1ccc(-c2cccc3[nH]c(-c4n[nH]c5cnc(-c6cn[nH]c6)cc45)nc23)nc1. The number of nitrogens with zero attached hydrogens (tertiary/aromatic N) is 5. The van der Waals surface area contributed by atoms with Gasteiger partial charge >= 0.3 is 0 Å². The molecule has 0 fully saturated rings. The molecule has 8 nitrogen and oxygen atoms in total. The molecule has 0 amide bonds. The van der Waals surface area contributed by atoms with Crippen LogP contribution in [-0.2, 0) is 0 Å². The van der Waals surface area contributed by atoms with Crippen LogP contribution in [0.25, 0.3) is 56.0 Å². The van der Waals surface area contributed by atoms with Crippen LogP contribution in [0.5, 0.6) is 0 Å². The van der Waals surface area contributed by atoms with Crippen molar-refractivity contribution in [1.82, 2.24) is 40.3 Å². The topological polar surface area (TPSA) is 112 Å². The molecule has 0 spiro atoms. The number of nitrogens with one attached hydrogen (secondary N) is 3. The molecule has 0 saturated carbocycles. The minimum atomic E-state index is 0.693. The Morgan fingerprint density at radius 1 is 0.862 bits per heavy atom. The van der Waals surface area contributed by atoms with Crippen molar-refractivity contribution in [3.05, 3.63) is 67.3 Å². The Morgan fingerprint density at radius 2 is 1.86 bits per heavy atom. The summed E-state index contributed by atoms with van der Waals surface area (Å²) in [7, 11) is 0. The number of benzene rings is 1. The fourth-order valence-electron chi connectivity index (χ4n) is 3.52. The number of H-pyrrole nitrogens is 3. The molecule has 3 N–H and O–H groups in total. The van der Waals surface area contributed by atoms with Gasteiger partial charge in [0.15, 0.2) is 5.82 Å². The van der Waals surface area contributed by atoms with Gasteiger partial charge in [0.2, 0.25) is 0 Å². The first-order chi connectivity index (χ1) is 14.4. The summed E-state index contributed by atoms with van der Waals surface area (Å²) in [6.07, 6.45) is 7.12. The van der Waals surface area contributed by atoms with Crippen LogP contribution in [0.4, 0.5) is 0 Å². The number of rotatable bonds is 3. The zero-order valence-corrected chi connectivity index (χ0v) is 15.1. The summed E-state index contributed by atoms with van der Waals surface area (Å²) >= 11 is 0. The Morgan fingerprint density at radius 3 is 2.72 bits per heavy atom. The minimum absolute atomic E-state index is 0.693. The molecule has 0 unspecified atom stereocenters. The van der Waals surface area contributed by atoms with Crippen LogP contribution < -0.4 is 0 Å². The first kappa shape index (κ1) is 15.7. The van der Waals surface area contributed by atoms with Gasteiger partial charge in [-0.3, -0.25) is 20.2 Å². The molecule has 6 aromatic rings. The van der Waals surface area contributed by atoms with Gasteiger partial charge in [-0.15, -0.1) is 0 Å². The average Bonchev–Trinajstić information content (AvgIpc) is 3.52. The number of pyridine rings is 2. The lowest BCUT2D eigenvalue weighted by Crippen LogP contribution is -1.85. The number of para-hydroxylation sites is 1. The molecule has 0 bridgehead atoms. The third kappa shape index (κ3) is 2.50. The van der Waals surface area contributed by atoms with Crippen LogP contribution in [-0.4, -0.2) is 40.3 Å². The Balaban J connectivity index is 1.54. The highest BCUT2D eigenvalue weighted by molar-refractivity contribution is 5.97. The lowest BCUT2D eigenvalue weighted by molar-refractivity contribution is 1.09. The lowest BCUT2D eigenvalue weighted by Gasteiger charge is -2.00. The molecule has 0 aliphatic heterocycles. The highest BCUT2D eigenvalue weighted by Gasteiger charge is 2.16. The molecule has 5 heterocycles. The zero-order chi connectivity index (χ0) is 19.2. The summed E-state index contributed by atoms with van der Waals surface area (Å²) < 4.78 is 0. The van der Waals surface area contributed by atoms with E-state index in [-0.39, 0.29) is 0 Å². The quantitative estimate of drug-likeness (QED) is 0.432. The van der Waals surface area contributed by atoms with Gasteiger partial charge in [0.1, 0.15) is 5.69 Å². The second-order valence-corrected chi connectivity index (χ2v) is 6.68. The largest absolute Gasteiger partial charge is 0.337 e. The molecule has 1 aromatic carbocycles. The molecule has 5 aromatic heterocycles. The number of aromatic amines is 3. The van der Waals surface area contributed by atoms with Gasteiger partial charge in [-0.1, -0.05) is 18.2 Å². The van der Waals surface area contributed by atoms with Gasteiger partial charge < -0.3 is 4.98 Å². The molecule has 0 radical (unpaired) electrons. The maximum absolute atomic E-state index is 4.86. The summed E-state index contributed by atoms with van der Waals surface area (Å²) in [6.45, 7) is 0. The van der Waals surface area contributed by atoms with E-state index in [1.807, 2.05) is 48.7 Å². The van der Waals surface area contributed by atoms with E-state index in [0.717, 1.165) is 50.1 Å². The Hall–Kier alpha value is -4.33. The van der Waals surface area contributed by atoms with Gasteiger partial charge in [0.25, 0.3) is 0 Å². The molecular formula is C21H14N8. The maximum Gasteiger partial charge on any atom is 0.159 e. The number of fused-ring (bicyclic) bond motifs is 2. The fraction of sp³-hybridized carbons (Fsp3) is 0. The van der Waals surface area contributed by atoms with Crippen molar-refractivity contribution in [2.45, 2.75) is 0 Å². The average molecular weight is 378 g/mol. The third-order valence-corrected chi connectivity index (χ3v) is 4.92. The highest BCUT2D eigenvalue weighted by atomic mass is 15.1. The van der Waals surface area contributed by atoms with Crippen molar-refractivity contribution in [2.75, 3.05) is 0 Å². The van der Waals surface area contributed by atoms with Crippen molar-refractivity contribution in [2.24, 2.45) is 0 Å². The predicted molar refractivity (Wildman–Crippen MR) is 110 cm³/mol. The second kappa shape index (κ2) is 6.10. The van der Waals surface area contributed by atoms with Crippen LogP contribution in [0.2, 0.25) is 0 Å². The molecule has 6 rings (SSSR count). The molecule has 8 heteroatoms. The van der Waals surface area contributed by atoms with E-state index in [0.29, 0.717) is 5.82 Å². The van der Waals surface area contributed by atoms with Crippen molar-refractivity contribution in [3.8, 4) is 34.0 Å². The van der Waals surface area contributed by atoms with Gasteiger partial charge in [-0.2, -0.15) is 10.2 Å². The second-order valence-electron chi connectivity index (χ2n) is 6.68. The fourth-order valence-corrected chi connectivity index (χ4v) is 3.52.